The second kappa shape index (κ2) is 12.2. The maximum absolute atomic E-state index is 12.3. The normalized spacial score (nSPS) is 15.0. The van der Waals surface area contributed by atoms with Crippen molar-refractivity contribution in [2.75, 3.05) is 6.54 Å². The third kappa shape index (κ3) is 7.88. The lowest BCUT2D eigenvalue weighted by molar-refractivity contribution is 0.0225. The van der Waals surface area contributed by atoms with Gasteiger partial charge in [-0.05, 0) is 33.6 Å². The third-order valence-corrected chi connectivity index (χ3v) is 5.08. The van der Waals surface area contributed by atoms with Crippen LogP contribution in [0.3, 0.4) is 0 Å². The highest BCUT2D eigenvalue weighted by atomic mass is 35.5. The van der Waals surface area contributed by atoms with E-state index in [1.54, 1.807) is 0 Å². The van der Waals surface area contributed by atoms with Gasteiger partial charge in [-0.15, -0.1) is 12.4 Å². The molecule has 0 bridgehead atoms. The fourth-order valence-electron chi connectivity index (χ4n) is 3.55. The number of amides is 1. The number of nitrogen functional groups attached to an aromatic ring is 1. The molecule has 8 nitrogen and oxygen atoms in total. The number of hydrogen-bond donors (Lipinski definition) is 3. The van der Waals surface area contributed by atoms with E-state index in [0.717, 1.165) is 36.3 Å². The van der Waals surface area contributed by atoms with Crippen molar-refractivity contribution >= 4 is 24.3 Å². The molecular formula is C25H33ClN6O2. The summed E-state index contributed by atoms with van der Waals surface area (Å²) < 4.78 is 5.50. The Hall–Kier alpha value is -3.39. The van der Waals surface area contributed by atoms with Gasteiger partial charge in [-0.2, -0.15) is 5.10 Å². The van der Waals surface area contributed by atoms with Gasteiger partial charge in [0.2, 0.25) is 0 Å². The van der Waals surface area contributed by atoms with E-state index in [1.807, 2.05) is 86.3 Å². The zero-order valence-electron chi connectivity index (χ0n) is 19.8. The zero-order valence-corrected chi connectivity index (χ0v) is 20.6. The molecule has 1 amide bonds. The smallest absolute Gasteiger partial charge is 0.410 e. The lowest BCUT2D eigenvalue weighted by Gasteiger charge is -2.28. The lowest BCUT2D eigenvalue weighted by Crippen LogP contribution is -2.40. The van der Waals surface area contributed by atoms with Crippen molar-refractivity contribution in [1.82, 2.24) is 20.1 Å². The van der Waals surface area contributed by atoms with Crippen molar-refractivity contribution in [3.05, 3.63) is 72.1 Å². The Bertz CT molecular complexity index is 1050. The van der Waals surface area contributed by atoms with Gasteiger partial charge in [0, 0.05) is 30.1 Å². The molecule has 1 aliphatic rings. The van der Waals surface area contributed by atoms with E-state index in [9.17, 15) is 4.79 Å². The molecule has 34 heavy (non-hydrogen) atoms. The van der Waals surface area contributed by atoms with Crippen molar-refractivity contribution in [1.29, 1.82) is 5.41 Å². The highest BCUT2D eigenvalue weighted by Gasteiger charge is 2.32. The van der Waals surface area contributed by atoms with Crippen LogP contribution in [-0.4, -0.2) is 50.2 Å². The lowest BCUT2D eigenvalue weighted by atomic mass is 10.1. The summed E-state index contributed by atoms with van der Waals surface area (Å²) in [5.74, 6) is 1.61. The monoisotopic (exact) mass is 484 g/mol. The van der Waals surface area contributed by atoms with E-state index in [4.69, 9.17) is 15.9 Å². The number of carbonyl (C=O) groups excluding carboxylic acids is 1. The molecule has 0 aliphatic carbocycles. The number of H-pyrrole nitrogens is 1. The number of aromatic nitrogens is 3. The molecule has 1 saturated heterocycles. The topological polar surface area (TPSA) is 121 Å². The van der Waals surface area contributed by atoms with Crippen LogP contribution in [0.2, 0.25) is 0 Å². The second-order valence-corrected chi connectivity index (χ2v) is 8.93. The van der Waals surface area contributed by atoms with E-state index < -0.39 is 5.60 Å². The second-order valence-electron chi connectivity index (χ2n) is 8.93. The summed E-state index contributed by atoms with van der Waals surface area (Å²) in [5.41, 5.74) is 6.48. The summed E-state index contributed by atoms with van der Waals surface area (Å²) in [5, 5.41) is 14.3. The van der Waals surface area contributed by atoms with Gasteiger partial charge in [-0.1, -0.05) is 60.7 Å². The third-order valence-electron chi connectivity index (χ3n) is 5.08. The Morgan fingerprint density at radius 1 is 1.15 bits per heavy atom. The van der Waals surface area contributed by atoms with Crippen molar-refractivity contribution in [3.63, 3.8) is 0 Å². The highest BCUT2D eigenvalue weighted by molar-refractivity contribution is 5.94. The van der Waals surface area contributed by atoms with E-state index >= 15 is 0 Å². The first-order chi connectivity index (χ1) is 15.7. The number of rotatable bonds is 4. The fourth-order valence-corrected chi connectivity index (χ4v) is 3.55. The quantitative estimate of drug-likeness (QED) is 0.362. The minimum atomic E-state index is -0.475. The maximum Gasteiger partial charge on any atom is 0.410 e. The van der Waals surface area contributed by atoms with Crippen LogP contribution in [0.15, 0.2) is 60.7 Å². The first-order valence-corrected chi connectivity index (χ1v) is 11.1. The van der Waals surface area contributed by atoms with Gasteiger partial charge in [0.05, 0.1) is 0 Å². The average molecular weight is 485 g/mol. The highest BCUT2D eigenvalue weighted by Crippen LogP contribution is 2.23. The number of nitrogens with two attached hydrogens (primary N) is 1. The summed E-state index contributed by atoms with van der Waals surface area (Å²) in [6.07, 6.45) is 2.37. The van der Waals surface area contributed by atoms with Crippen molar-refractivity contribution in [2.24, 2.45) is 5.73 Å². The number of hydrogen-bond acceptors (Lipinski definition) is 5. The molecule has 0 radical (unpaired) electrons. The molecule has 2 heterocycles. The Morgan fingerprint density at radius 3 is 2.32 bits per heavy atom. The number of nitrogens with zero attached hydrogens (tertiary/aromatic N) is 3. The minimum absolute atomic E-state index is 0. The largest absolute Gasteiger partial charge is 0.444 e. The van der Waals surface area contributed by atoms with Crippen LogP contribution in [-0.2, 0) is 11.2 Å². The van der Waals surface area contributed by atoms with Crippen LogP contribution in [0.5, 0.6) is 0 Å². The predicted octanol–water partition coefficient (Wildman–Crippen LogP) is 4.81. The van der Waals surface area contributed by atoms with Crippen LogP contribution in [0.1, 0.15) is 45.0 Å². The number of amidine groups is 1. The van der Waals surface area contributed by atoms with Crippen LogP contribution in [0.4, 0.5) is 4.79 Å². The molecule has 0 saturated carbocycles. The first-order valence-electron chi connectivity index (χ1n) is 11.1. The number of likely N-dealkylation sites (tertiary alicyclic amines) is 1. The molecule has 1 atom stereocenters. The molecule has 9 heteroatoms. The number of halogens is 1. The maximum atomic E-state index is 12.3. The number of nitrogens with one attached hydrogen (secondary N) is 2. The van der Waals surface area contributed by atoms with Gasteiger partial charge in [0.25, 0.3) is 0 Å². The van der Waals surface area contributed by atoms with Gasteiger partial charge in [-0.3, -0.25) is 10.5 Å². The molecule has 1 aromatic heterocycles. The number of aromatic amines is 1. The number of benzene rings is 2. The zero-order chi connectivity index (χ0) is 23.8. The Morgan fingerprint density at radius 2 is 1.76 bits per heavy atom. The van der Waals surface area contributed by atoms with E-state index in [2.05, 4.69) is 15.2 Å². The van der Waals surface area contributed by atoms with Gasteiger partial charge in [0.1, 0.15) is 17.3 Å². The number of ether oxygens (including phenoxy) is 1. The van der Waals surface area contributed by atoms with E-state index in [-0.39, 0.29) is 30.4 Å². The van der Waals surface area contributed by atoms with Crippen molar-refractivity contribution in [3.8, 4) is 11.4 Å². The molecule has 4 N–H and O–H groups in total. The molecule has 0 unspecified atom stereocenters. The average Bonchev–Trinajstić information content (AvgIpc) is 3.44. The van der Waals surface area contributed by atoms with E-state index in [0.29, 0.717) is 12.2 Å². The van der Waals surface area contributed by atoms with Crippen LogP contribution in [0.25, 0.3) is 11.4 Å². The minimum Gasteiger partial charge on any atom is -0.444 e. The SMILES string of the molecule is CC(C)(C)OC(=O)N1CCC[C@H]1Cc1nc(-c2ccccc2)n[nH]1.Cl.N=C(N)c1ccccc1. The van der Waals surface area contributed by atoms with Crippen LogP contribution >= 0.6 is 12.4 Å². The predicted molar refractivity (Wildman–Crippen MR) is 136 cm³/mol. The van der Waals surface area contributed by atoms with Crippen LogP contribution in [0, 0.1) is 5.41 Å². The Kier molecular flexibility index (Phi) is 9.62. The van der Waals surface area contributed by atoms with Gasteiger partial charge in [-0.25, -0.2) is 9.78 Å². The molecule has 4 rings (SSSR count). The molecule has 0 spiro atoms. The van der Waals surface area contributed by atoms with Crippen molar-refractivity contribution in [2.45, 2.75) is 51.7 Å². The number of carbonyl (C=O) groups is 1. The summed E-state index contributed by atoms with van der Waals surface area (Å²) in [7, 11) is 0. The fraction of sp³-hybridized carbons (Fsp3) is 0.360. The summed E-state index contributed by atoms with van der Waals surface area (Å²) >= 11 is 0. The molecule has 2 aromatic carbocycles. The Labute approximate surface area is 206 Å². The standard InChI is InChI=1S/C18H24N4O2.C7H8N2.ClH/c1-18(2,3)24-17(23)22-11-7-10-14(22)12-15-19-16(21-20-15)13-8-5-4-6-9-13;8-7(9)6-4-2-1-3-5-6;/h4-6,8-9,14H,7,10-12H2,1-3H3,(H,19,20,21);1-5H,(H3,8,9);1H/t14-;;/m0../s1. The summed E-state index contributed by atoms with van der Waals surface area (Å²) in [6.45, 7) is 6.40. The van der Waals surface area contributed by atoms with E-state index in [1.165, 1.54) is 0 Å². The summed E-state index contributed by atoms with van der Waals surface area (Å²) in [6, 6.07) is 19.2. The Balaban J connectivity index is 0.000000345. The molecule has 1 aliphatic heterocycles. The van der Waals surface area contributed by atoms with Gasteiger partial charge >= 0.3 is 6.09 Å². The molecule has 182 valence electrons. The molecule has 3 aromatic rings. The molecule has 1 fully saturated rings. The van der Waals surface area contributed by atoms with Gasteiger partial charge < -0.3 is 15.4 Å². The van der Waals surface area contributed by atoms with Crippen molar-refractivity contribution < 1.29 is 9.53 Å². The van der Waals surface area contributed by atoms with Gasteiger partial charge in [0.15, 0.2) is 5.82 Å². The van der Waals surface area contributed by atoms with Crippen LogP contribution < -0.4 is 5.73 Å². The first kappa shape index (κ1) is 26.9. The molecular weight excluding hydrogens is 452 g/mol. The summed E-state index contributed by atoms with van der Waals surface area (Å²) in [4.78, 5) is 18.7.